The second-order valence-electron chi connectivity index (χ2n) is 11.8. The van der Waals surface area contributed by atoms with E-state index in [1.807, 2.05) is 19.2 Å². The van der Waals surface area contributed by atoms with Gasteiger partial charge in [0.2, 0.25) is 0 Å². The molecule has 0 aliphatic heterocycles. The van der Waals surface area contributed by atoms with Crippen molar-refractivity contribution in [2.45, 2.75) is 77.9 Å². The lowest BCUT2D eigenvalue weighted by molar-refractivity contribution is -0.154. The molecule has 30 heavy (non-hydrogen) atoms. The number of furan rings is 1. The van der Waals surface area contributed by atoms with Gasteiger partial charge in [-0.3, -0.25) is 0 Å². The summed E-state index contributed by atoms with van der Waals surface area (Å²) in [5, 5.41) is 11.0. The second kappa shape index (κ2) is 6.25. The van der Waals surface area contributed by atoms with E-state index in [4.69, 9.17) is 9.15 Å². The Morgan fingerprint density at radius 2 is 2.03 bits per heavy atom. The normalized spacial score (nSPS) is 50.7. The van der Waals surface area contributed by atoms with E-state index in [9.17, 15) is 5.11 Å². The molecule has 1 heterocycles. The van der Waals surface area contributed by atoms with Crippen LogP contribution in [0.3, 0.4) is 0 Å². The van der Waals surface area contributed by atoms with Gasteiger partial charge in [0.25, 0.3) is 0 Å². The summed E-state index contributed by atoms with van der Waals surface area (Å²) in [5.74, 6) is 4.04. The summed E-state index contributed by atoms with van der Waals surface area (Å²) in [6, 6.07) is 3.78. The summed E-state index contributed by atoms with van der Waals surface area (Å²) in [7, 11) is 1.97. The number of aliphatic hydroxyl groups is 1. The number of rotatable bonds is 4. The molecule has 4 saturated carbocycles. The van der Waals surface area contributed by atoms with Crippen molar-refractivity contribution < 1.29 is 14.3 Å². The molecule has 164 valence electrons. The minimum absolute atomic E-state index is 0.103. The molecule has 0 saturated heterocycles. The van der Waals surface area contributed by atoms with Crippen molar-refractivity contribution in [3.63, 3.8) is 0 Å². The highest BCUT2D eigenvalue weighted by molar-refractivity contribution is 5.32. The van der Waals surface area contributed by atoms with Crippen LogP contribution in [-0.2, 0) is 4.74 Å². The SMILES string of the molecule is CO[C@@H]1C[C@H]2[C@@H]3CC=C([C@@H](C)[C@H](O)c4ccco4)[C@@]3(C)CC[C@@H]2[C@@]2(C)CC[C@@H]3C[C@]312. The first kappa shape index (κ1) is 19.6. The number of aliphatic hydroxyl groups excluding tert-OH is 1. The first-order valence-corrected chi connectivity index (χ1v) is 12.3. The molecule has 0 bridgehead atoms. The Morgan fingerprint density at radius 1 is 1.20 bits per heavy atom. The lowest BCUT2D eigenvalue weighted by Crippen LogP contribution is -2.56. The smallest absolute Gasteiger partial charge is 0.132 e. The van der Waals surface area contributed by atoms with Crippen LogP contribution in [0.2, 0.25) is 0 Å². The van der Waals surface area contributed by atoms with E-state index in [1.54, 1.807) is 6.26 Å². The lowest BCUT2D eigenvalue weighted by Gasteiger charge is -2.60. The molecular formula is C27H38O3. The Balaban J connectivity index is 1.30. The predicted molar refractivity (Wildman–Crippen MR) is 117 cm³/mol. The number of hydrogen-bond donors (Lipinski definition) is 1. The molecule has 5 aliphatic rings. The fraction of sp³-hybridized carbons (Fsp3) is 0.778. The van der Waals surface area contributed by atoms with Gasteiger partial charge < -0.3 is 14.3 Å². The van der Waals surface area contributed by atoms with Crippen molar-refractivity contribution in [1.29, 1.82) is 0 Å². The summed E-state index contributed by atoms with van der Waals surface area (Å²) in [6.45, 7) is 7.33. The highest BCUT2D eigenvalue weighted by atomic mass is 16.5. The number of fused-ring (bicyclic) bond motifs is 4. The molecule has 0 unspecified atom stereocenters. The van der Waals surface area contributed by atoms with Gasteiger partial charge in [0.1, 0.15) is 11.9 Å². The van der Waals surface area contributed by atoms with Crippen molar-refractivity contribution in [3.8, 4) is 0 Å². The van der Waals surface area contributed by atoms with Crippen LogP contribution in [0.5, 0.6) is 0 Å². The van der Waals surface area contributed by atoms with Crippen LogP contribution in [0.25, 0.3) is 0 Å². The first-order valence-electron chi connectivity index (χ1n) is 12.3. The zero-order chi connectivity index (χ0) is 20.9. The molecule has 1 N–H and O–H groups in total. The van der Waals surface area contributed by atoms with Gasteiger partial charge in [-0.25, -0.2) is 0 Å². The molecule has 3 heteroatoms. The van der Waals surface area contributed by atoms with Gasteiger partial charge in [0.05, 0.1) is 12.4 Å². The minimum Gasteiger partial charge on any atom is -0.467 e. The molecule has 5 aliphatic carbocycles. The molecule has 0 aromatic carbocycles. The fourth-order valence-electron chi connectivity index (χ4n) is 9.76. The number of ether oxygens (including phenoxy) is 1. The molecule has 0 radical (unpaired) electrons. The maximum Gasteiger partial charge on any atom is 0.132 e. The maximum absolute atomic E-state index is 11.0. The van der Waals surface area contributed by atoms with Gasteiger partial charge in [0, 0.05) is 18.4 Å². The van der Waals surface area contributed by atoms with E-state index < -0.39 is 6.10 Å². The topological polar surface area (TPSA) is 42.6 Å². The number of methoxy groups -OCH3 is 1. The molecule has 10 atom stereocenters. The third-order valence-electron chi connectivity index (χ3n) is 11.3. The monoisotopic (exact) mass is 410 g/mol. The summed E-state index contributed by atoms with van der Waals surface area (Å²) in [4.78, 5) is 0. The number of hydrogen-bond acceptors (Lipinski definition) is 3. The van der Waals surface area contributed by atoms with Crippen LogP contribution >= 0.6 is 0 Å². The van der Waals surface area contributed by atoms with E-state index >= 15 is 0 Å². The molecule has 1 spiro atoms. The van der Waals surface area contributed by atoms with E-state index in [0.717, 1.165) is 17.8 Å². The molecule has 0 amide bonds. The zero-order valence-electron chi connectivity index (χ0n) is 19.1. The highest BCUT2D eigenvalue weighted by Gasteiger charge is 2.77. The number of allylic oxidation sites excluding steroid dienone is 1. The van der Waals surface area contributed by atoms with Crippen molar-refractivity contribution >= 4 is 0 Å². The summed E-state index contributed by atoms with van der Waals surface area (Å²) in [5.41, 5.74) is 2.65. The second-order valence-corrected chi connectivity index (χ2v) is 11.8. The van der Waals surface area contributed by atoms with Crippen LogP contribution in [0.15, 0.2) is 34.5 Å². The molecule has 1 aromatic rings. The average molecular weight is 411 g/mol. The van der Waals surface area contributed by atoms with Crippen LogP contribution in [0, 0.1) is 45.8 Å². The fourth-order valence-corrected chi connectivity index (χ4v) is 9.76. The predicted octanol–water partition coefficient (Wildman–Crippen LogP) is 6.15. The molecule has 6 rings (SSSR count). The van der Waals surface area contributed by atoms with Gasteiger partial charge in [-0.15, -0.1) is 0 Å². The van der Waals surface area contributed by atoms with Crippen molar-refractivity contribution in [2.75, 3.05) is 7.11 Å². The van der Waals surface area contributed by atoms with Gasteiger partial charge in [0.15, 0.2) is 0 Å². The minimum atomic E-state index is -0.555. The van der Waals surface area contributed by atoms with Crippen LogP contribution in [0.1, 0.15) is 77.6 Å². The first-order chi connectivity index (χ1) is 14.4. The quantitative estimate of drug-likeness (QED) is 0.605. The van der Waals surface area contributed by atoms with E-state index in [1.165, 1.54) is 50.5 Å². The largest absolute Gasteiger partial charge is 0.467 e. The lowest BCUT2D eigenvalue weighted by atomic mass is 9.45. The van der Waals surface area contributed by atoms with E-state index in [0.29, 0.717) is 28.6 Å². The van der Waals surface area contributed by atoms with Gasteiger partial charge in [-0.1, -0.05) is 32.4 Å². The van der Waals surface area contributed by atoms with Crippen molar-refractivity contribution in [3.05, 3.63) is 35.8 Å². The zero-order valence-corrected chi connectivity index (χ0v) is 19.1. The van der Waals surface area contributed by atoms with Crippen molar-refractivity contribution in [1.82, 2.24) is 0 Å². The Kier molecular flexibility index (Phi) is 4.09. The van der Waals surface area contributed by atoms with Gasteiger partial charge in [-0.2, -0.15) is 0 Å². The summed E-state index contributed by atoms with van der Waals surface area (Å²) < 4.78 is 11.8. The Hall–Kier alpha value is -1.06. The van der Waals surface area contributed by atoms with Crippen LogP contribution in [-0.4, -0.2) is 18.3 Å². The van der Waals surface area contributed by atoms with Crippen LogP contribution < -0.4 is 0 Å². The van der Waals surface area contributed by atoms with Crippen molar-refractivity contribution in [2.24, 2.45) is 45.8 Å². The standard InChI is InChI=1S/C27H38O3/c1-16(24(28)22-6-5-13-30-22)19-7-8-20-18-14-23(29-4)27-15-17(27)9-12-26(27,3)21(18)10-11-25(19,20)2/h5-7,13,16-18,20-21,23-24,28H,8-12,14-15H2,1-4H3/t16-,17-,18+,20+,21+,23-,24+,25-,26-,27+/m1/s1. The molecule has 3 nitrogen and oxygen atoms in total. The highest BCUT2D eigenvalue weighted by Crippen LogP contribution is 2.82. The average Bonchev–Trinajstić information content (AvgIpc) is 3.06. The maximum atomic E-state index is 11.0. The molecular weight excluding hydrogens is 372 g/mol. The third kappa shape index (κ3) is 2.19. The van der Waals surface area contributed by atoms with Gasteiger partial charge >= 0.3 is 0 Å². The third-order valence-corrected chi connectivity index (χ3v) is 11.3. The van der Waals surface area contributed by atoms with E-state index in [2.05, 4.69) is 26.8 Å². The molecule has 1 aromatic heterocycles. The van der Waals surface area contributed by atoms with Gasteiger partial charge in [-0.05, 0) is 91.6 Å². The Labute approximate surface area is 181 Å². The van der Waals surface area contributed by atoms with E-state index in [-0.39, 0.29) is 11.3 Å². The Bertz CT molecular complexity index is 857. The summed E-state index contributed by atoms with van der Waals surface area (Å²) in [6.07, 6.45) is 13.4. The molecule has 4 fully saturated rings. The van der Waals surface area contributed by atoms with Crippen LogP contribution in [0.4, 0.5) is 0 Å². The Morgan fingerprint density at radius 3 is 2.73 bits per heavy atom. The summed E-state index contributed by atoms with van der Waals surface area (Å²) >= 11 is 0.